The number of carbonyl (C=O) groups is 1. The van der Waals surface area contributed by atoms with Gasteiger partial charge in [0.05, 0.1) is 5.41 Å². The summed E-state index contributed by atoms with van der Waals surface area (Å²) in [5.41, 5.74) is 8.10. The highest BCUT2D eigenvalue weighted by Crippen LogP contribution is 2.49. The number of aromatic hydroxyl groups is 1. The predicted molar refractivity (Wildman–Crippen MR) is 78.6 cm³/mol. The van der Waals surface area contributed by atoms with Crippen molar-refractivity contribution in [3.05, 3.63) is 59.7 Å². The summed E-state index contributed by atoms with van der Waals surface area (Å²) in [6, 6.07) is 14.4. The lowest BCUT2D eigenvalue weighted by Gasteiger charge is -2.15. The van der Waals surface area contributed by atoms with Gasteiger partial charge in [0, 0.05) is 12.1 Å². The van der Waals surface area contributed by atoms with Gasteiger partial charge in [-0.1, -0.05) is 24.3 Å². The van der Waals surface area contributed by atoms with Crippen molar-refractivity contribution in [1.82, 2.24) is 0 Å². The van der Waals surface area contributed by atoms with E-state index in [1.54, 1.807) is 24.3 Å². The molecule has 1 aliphatic rings. The first-order chi connectivity index (χ1) is 9.60. The van der Waals surface area contributed by atoms with Crippen LogP contribution in [0.2, 0.25) is 0 Å². The van der Waals surface area contributed by atoms with Crippen LogP contribution in [0.15, 0.2) is 48.5 Å². The smallest absolute Gasteiger partial charge is 0.147 e. The molecule has 1 aliphatic carbocycles. The zero-order chi connectivity index (χ0) is 14.2. The molecule has 2 aromatic carbocycles. The summed E-state index contributed by atoms with van der Waals surface area (Å²) in [6.07, 6.45) is 2.23. The Kier molecular flexibility index (Phi) is 2.97. The fourth-order valence-corrected chi connectivity index (χ4v) is 2.62. The molecule has 0 radical (unpaired) electrons. The third kappa shape index (κ3) is 2.27. The molecule has 0 unspecified atom stereocenters. The average Bonchev–Trinajstić information content (AvgIpc) is 3.24. The number of ketones is 1. The second-order valence-electron chi connectivity index (χ2n) is 5.47. The van der Waals surface area contributed by atoms with E-state index in [1.807, 2.05) is 24.3 Å². The van der Waals surface area contributed by atoms with Crippen molar-refractivity contribution >= 4 is 11.5 Å². The Bertz CT molecular complexity index is 625. The van der Waals surface area contributed by atoms with Crippen molar-refractivity contribution in [1.29, 1.82) is 0 Å². The van der Waals surface area contributed by atoms with E-state index in [1.165, 1.54) is 0 Å². The summed E-state index contributed by atoms with van der Waals surface area (Å²) in [5, 5.41) is 9.27. The Labute approximate surface area is 118 Å². The topological polar surface area (TPSA) is 63.3 Å². The van der Waals surface area contributed by atoms with E-state index in [9.17, 15) is 9.90 Å². The maximum atomic E-state index is 12.6. The van der Waals surface area contributed by atoms with Gasteiger partial charge in [-0.15, -0.1) is 0 Å². The zero-order valence-corrected chi connectivity index (χ0v) is 11.2. The van der Waals surface area contributed by atoms with Gasteiger partial charge in [0.25, 0.3) is 0 Å². The number of rotatable bonds is 4. The van der Waals surface area contributed by atoms with Gasteiger partial charge in [-0.2, -0.15) is 0 Å². The van der Waals surface area contributed by atoms with Crippen LogP contribution in [0.5, 0.6) is 5.75 Å². The Balaban J connectivity index is 1.79. The van der Waals surface area contributed by atoms with Crippen LogP contribution in [0, 0.1) is 0 Å². The van der Waals surface area contributed by atoms with Crippen LogP contribution in [0.1, 0.15) is 24.0 Å². The van der Waals surface area contributed by atoms with E-state index >= 15 is 0 Å². The third-order valence-corrected chi connectivity index (χ3v) is 4.05. The number of Topliss-reactive ketones (excluding diaryl/α,β-unsaturated/α-hetero) is 1. The quantitative estimate of drug-likeness (QED) is 0.837. The van der Waals surface area contributed by atoms with Crippen LogP contribution in [0.4, 0.5) is 5.69 Å². The second-order valence-corrected chi connectivity index (χ2v) is 5.47. The molecule has 1 saturated carbocycles. The summed E-state index contributed by atoms with van der Waals surface area (Å²) in [7, 11) is 0. The number of carbonyl (C=O) groups excluding carboxylic acids is 1. The minimum atomic E-state index is -0.314. The second kappa shape index (κ2) is 4.67. The Hall–Kier alpha value is -2.29. The minimum absolute atomic E-state index is 0.223. The molecule has 1 fully saturated rings. The number of anilines is 1. The van der Waals surface area contributed by atoms with Crippen LogP contribution < -0.4 is 5.73 Å². The summed E-state index contributed by atoms with van der Waals surface area (Å²) in [4.78, 5) is 12.6. The largest absolute Gasteiger partial charge is 0.508 e. The molecule has 0 aliphatic heterocycles. The highest BCUT2D eigenvalue weighted by molar-refractivity contribution is 5.94. The molecule has 2 aromatic rings. The van der Waals surface area contributed by atoms with Crippen molar-refractivity contribution in [2.75, 3.05) is 5.73 Å². The van der Waals surface area contributed by atoms with Crippen LogP contribution in [-0.2, 0) is 16.6 Å². The van der Waals surface area contributed by atoms with Gasteiger partial charge < -0.3 is 10.8 Å². The van der Waals surface area contributed by atoms with Crippen molar-refractivity contribution in [3.8, 4) is 5.75 Å². The Morgan fingerprint density at radius 3 is 2.20 bits per heavy atom. The molecular weight excluding hydrogens is 250 g/mol. The predicted octanol–water partition coefficient (Wildman–Crippen LogP) is 2.82. The normalized spacial score (nSPS) is 15.8. The fourth-order valence-electron chi connectivity index (χ4n) is 2.62. The molecule has 0 bridgehead atoms. The molecule has 0 atom stereocenters. The van der Waals surface area contributed by atoms with Crippen LogP contribution >= 0.6 is 0 Å². The van der Waals surface area contributed by atoms with Crippen molar-refractivity contribution in [2.45, 2.75) is 24.7 Å². The van der Waals surface area contributed by atoms with E-state index in [-0.39, 0.29) is 16.9 Å². The fraction of sp³-hybridized carbons (Fsp3) is 0.235. The maximum absolute atomic E-state index is 12.6. The molecule has 0 spiro atoms. The highest BCUT2D eigenvalue weighted by Gasteiger charge is 2.50. The van der Waals surface area contributed by atoms with Gasteiger partial charge in [-0.05, 0) is 48.2 Å². The van der Waals surface area contributed by atoms with E-state index < -0.39 is 0 Å². The molecule has 0 saturated heterocycles. The van der Waals surface area contributed by atoms with Gasteiger partial charge in [-0.3, -0.25) is 4.79 Å². The molecular formula is C17H17NO2. The number of nitrogen functional groups attached to an aromatic ring is 1. The first-order valence-electron chi connectivity index (χ1n) is 6.77. The molecule has 3 nitrogen and oxygen atoms in total. The molecule has 3 heteroatoms. The number of hydrogen-bond acceptors (Lipinski definition) is 3. The Morgan fingerprint density at radius 2 is 1.65 bits per heavy atom. The molecule has 0 aromatic heterocycles. The maximum Gasteiger partial charge on any atom is 0.147 e. The summed E-state index contributed by atoms with van der Waals surface area (Å²) in [5.74, 6) is 0.467. The van der Waals surface area contributed by atoms with Gasteiger partial charge >= 0.3 is 0 Å². The van der Waals surface area contributed by atoms with E-state index in [0.717, 1.165) is 29.7 Å². The lowest BCUT2D eigenvalue weighted by Crippen LogP contribution is -2.22. The lowest BCUT2D eigenvalue weighted by atomic mass is 9.88. The minimum Gasteiger partial charge on any atom is -0.508 e. The standard InChI is InChI=1S/C17H17NO2/c18-14-5-3-13(4-6-14)17(9-10-17)16(20)11-12-1-7-15(19)8-2-12/h1-8,19H,9-11,18H2. The van der Waals surface area contributed by atoms with E-state index in [0.29, 0.717) is 6.42 Å². The number of nitrogens with two attached hydrogens (primary N) is 1. The summed E-state index contributed by atoms with van der Waals surface area (Å²) >= 11 is 0. The van der Waals surface area contributed by atoms with E-state index in [4.69, 9.17) is 5.73 Å². The van der Waals surface area contributed by atoms with Gasteiger partial charge in [0.1, 0.15) is 11.5 Å². The third-order valence-electron chi connectivity index (χ3n) is 4.05. The number of hydrogen-bond donors (Lipinski definition) is 2. The molecule has 3 rings (SSSR count). The van der Waals surface area contributed by atoms with Crippen LogP contribution in [0.25, 0.3) is 0 Å². The molecule has 3 N–H and O–H groups in total. The molecule has 0 heterocycles. The first-order valence-corrected chi connectivity index (χ1v) is 6.77. The van der Waals surface area contributed by atoms with Gasteiger partial charge in [0.2, 0.25) is 0 Å². The summed E-state index contributed by atoms with van der Waals surface area (Å²) < 4.78 is 0. The van der Waals surface area contributed by atoms with Crippen molar-refractivity contribution in [3.63, 3.8) is 0 Å². The lowest BCUT2D eigenvalue weighted by molar-refractivity contribution is -0.120. The SMILES string of the molecule is Nc1ccc(C2(C(=O)Cc3ccc(O)cc3)CC2)cc1. The number of phenols is 1. The van der Waals surface area contributed by atoms with Gasteiger partial charge in [0.15, 0.2) is 0 Å². The van der Waals surface area contributed by atoms with Crippen LogP contribution in [-0.4, -0.2) is 10.9 Å². The van der Waals surface area contributed by atoms with Crippen molar-refractivity contribution in [2.24, 2.45) is 0 Å². The average molecular weight is 267 g/mol. The number of benzene rings is 2. The van der Waals surface area contributed by atoms with Crippen molar-refractivity contribution < 1.29 is 9.90 Å². The van der Waals surface area contributed by atoms with Gasteiger partial charge in [-0.25, -0.2) is 0 Å². The summed E-state index contributed by atoms with van der Waals surface area (Å²) in [6.45, 7) is 0. The monoisotopic (exact) mass is 267 g/mol. The number of phenolic OH excluding ortho intramolecular Hbond substituents is 1. The Morgan fingerprint density at radius 1 is 1.05 bits per heavy atom. The van der Waals surface area contributed by atoms with E-state index in [2.05, 4.69) is 0 Å². The molecule has 20 heavy (non-hydrogen) atoms. The zero-order valence-electron chi connectivity index (χ0n) is 11.2. The highest BCUT2D eigenvalue weighted by atomic mass is 16.3. The first kappa shape index (κ1) is 12.7. The molecule has 0 amide bonds. The van der Waals surface area contributed by atoms with Crippen LogP contribution in [0.3, 0.4) is 0 Å². The molecule has 102 valence electrons.